The van der Waals surface area contributed by atoms with Gasteiger partial charge >= 0.3 is 5.97 Å². The third-order valence-electron chi connectivity index (χ3n) is 3.08. The number of carbonyl (C=O) groups is 1. The minimum absolute atomic E-state index is 0.0652. The summed E-state index contributed by atoms with van der Waals surface area (Å²) in [4.78, 5) is 11.7. The van der Waals surface area contributed by atoms with Crippen molar-refractivity contribution in [3.8, 4) is 5.75 Å². The largest absolute Gasteiger partial charge is 0.492 e. The van der Waals surface area contributed by atoms with E-state index in [0.29, 0.717) is 41.2 Å². The van der Waals surface area contributed by atoms with E-state index in [2.05, 4.69) is 15.5 Å². The fourth-order valence-corrected chi connectivity index (χ4v) is 2.38. The number of ether oxygens (including phenoxy) is 2. The van der Waals surface area contributed by atoms with Gasteiger partial charge in [-0.1, -0.05) is 30.1 Å². The summed E-state index contributed by atoms with van der Waals surface area (Å²) in [7, 11) is 0. The molecule has 0 unspecified atom stereocenters. The molecular weight excluding hydrogens is 355 g/mol. The molecule has 0 spiro atoms. The van der Waals surface area contributed by atoms with E-state index in [9.17, 15) is 4.79 Å². The van der Waals surface area contributed by atoms with E-state index in [-0.39, 0.29) is 19.0 Å². The summed E-state index contributed by atoms with van der Waals surface area (Å²) in [6, 6.07) is 4.99. The van der Waals surface area contributed by atoms with Crippen molar-refractivity contribution in [2.75, 3.05) is 6.61 Å². The van der Waals surface area contributed by atoms with Crippen LogP contribution in [0.3, 0.4) is 0 Å². The normalized spacial score (nSPS) is 10.6. The third kappa shape index (κ3) is 5.65. The maximum absolute atomic E-state index is 11.7. The van der Waals surface area contributed by atoms with Crippen molar-refractivity contribution in [3.63, 3.8) is 0 Å². The molecule has 0 bridgehead atoms. The van der Waals surface area contributed by atoms with Crippen molar-refractivity contribution < 1.29 is 14.3 Å². The Labute approximate surface area is 149 Å². The van der Waals surface area contributed by atoms with Gasteiger partial charge in [0.1, 0.15) is 5.75 Å². The molecule has 9 heteroatoms. The molecule has 7 nitrogen and oxygen atoms in total. The lowest BCUT2D eigenvalue weighted by Crippen LogP contribution is -2.11. The Bertz CT molecular complexity index is 678. The number of esters is 1. The van der Waals surface area contributed by atoms with Gasteiger partial charge in [-0.2, -0.15) is 0 Å². The number of nitrogens with zero attached hydrogens (tertiary/aromatic N) is 4. The SMILES string of the molecule is CCCn1nnnc1COC(=O)CCCOc1ccc(Cl)cc1Cl. The molecule has 2 aromatic rings. The highest BCUT2D eigenvalue weighted by Gasteiger charge is 2.09. The topological polar surface area (TPSA) is 79.1 Å². The molecule has 0 saturated carbocycles. The second-order valence-corrected chi connectivity index (χ2v) is 5.85. The maximum Gasteiger partial charge on any atom is 0.306 e. The van der Waals surface area contributed by atoms with Crippen LogP contribution in [0.25, 0.3) is 0 Å². The molecular formula is C15H18Cl2N4O3. The molecule has 0 aliphatic heterocycles. The minimum Gasteiger partial charge on any atom is -0.492 e. The maximum atomic E-state index is 11.7. The van der Waals surface area contributed by atoms with Gasteiger partial charge in [-0.25, -0.2) is 4.68 Å². The van der Waals surface area contributed by atoms with Crippen molar-refractivity contribution in [2.24, 2.45) is 0 Å². The number of hydrogen-bond acceptors (Lipinski definition) is 6. The Balaban J connectivity index is 1.67. The standard InChI is InChI=1S/C15H18Cl2N4O3/c1-2-7-21-14(18-19-20-21)10-24-15(22)4-3-8-23-13-6-5-11(16)9-12(13)17/h5-6,9H,2-4,7-8,10H2,1H3. The average Bonchev–Trinajstić information content (AvgIpc) is 2.99. The van der Waals surface area contributed by atoms with Gasteiger partial charge in [0.15, 0.2) is 12.4 Å². The van der Waals surface area contributed by atoms with E-state index in [4.69, 9.17) is 32.7 Å². The second kappa shape index (κ2) is 9.44. The first-order chi connectivity index (χ1) is 11.6. The van der Waals surface area contributed by atoms with Gasteiger partial charge in [-0.3, -0.25) is 4.79 Å². The smallest absolute Gasteiger partial charge is 0.306 e. The van der Waals surface area contributed by atoms with E-state index in [0.717, 1.165) is 6.42 Å². The first kappa shape index (κ1) is 18.5. The van der Waals surface area contributed by atoms with Gasteiger partial charge in [0, 0.05) is 18.0 Å². The van der Waals surface area contributed by atoms with Crippen LogP contribution in [0, 0.1) is 0 Å². The molecule has 0 aliphatic rings. The van der Waals surface area contributed by atoms with Crippen molar-refractivity contribution in [3.05, 3.63) is 34.1 Å². The number of tetrazole rings is 1. The highest BCUT2D eigenvalue weighted by Crippen LogP contribution is 2.27. The van der Waals surface area contributed by atoms with Crippen molar-refractivity contribution >= 4 is 29.2 Å². The van der Waals surface area contributed by atoms with Crippen molar-refractivity contribution in [2.45, 2.75) is 39.3 Å². The van der Waals surface area contributed by atoms with Crippen LogP contribution in [-0.4, -0.2) is 32.8 Å². The first-order valence-electron chi connectivity index (χ1n) is 7.58. The van der Waals surface area contributed by atoms with Gasteiger partial charge in [-0.05, 0) is 41.5 Å². The van der Waals surface area contributed by atoms with Gasteiger partial charge in [0.25, 0.3) is 0 Å². The van der Waals surface area contributed by atoms with E-state index in [1.807, 2.05) is 6.92 Å². The Hall–Kier alpha value is -1.86. The number of benzene rings is 1. The Morgan fingerprint density at radius 3 is 2.92 bits per heavy atom. The number of rotatable bonds is 9. The predicted molar refractivity (Wildman–Crippen MR) is 89.1 cm³/mol. The fourth-order valence-electron chi connectivity index (χ4n) is 1.92. The van der Waals surface area contributed by atoms with Crippen LogP contribution in [-0.2, 0) is 22.7 Å². The van der Waals surface area contributed by atoms with Crippen LogP contribution in [0.1, 0.15) is 32.0 Å². The lowest BCUT2D eigenvalue weighted by Gasteiger charge is -2.08. The number of halogens is 2. The lowest BCUT2D eigenvalue weighted by molar-refractivity contribution is -0.145. The molecule has 0 saturated heterocycles. The van der Waals surface area contributed by atoms with Gasteiger partial charge in [0.2, 0.25) is 0 Å². The lowest BCUT2D eigenvalue weighted by atomic mass is 10.3. The Morgan fingerprint density at radius 1 is 1.33 bits per heavy atom. The van der Waals surface area contributed by atoms with E-state index >= 15 is 0 Å². The van der Waals surface area contributed by atoms with Crippen LogP contribution < -0.4 is 4.74 Å². The summed E-state index contributed by atoms with van der Waals surface area (Å²) in [5.41, 5.74) is 0. The van der Waals surface area contributed by atoms with Crippen LogP contribution >= 0.6 is 23.2 Å². The summed E-state index contributed by atoms with van der Waals surface area (Å²) in [5.74, 6) is 0.745. The third-order valence-corrected chi connectivity index (χ3v) is 3.61. The fraction of sp³-hybridized carbons (Fsp3) is 0.467. The molecule has 0 fully saturated rings. The van der Waals surface area contributed by atoms with Crippen molar-refractivity contribution in [1.29, 1.82) is 0 Å². The zero-order valence-corrected chi connectivity index (χ0v) is 14.8. The monoisotopic (exact) mass is 372 g/mol. The van der Waals surface area contributed by atoms with Crippen LogP contribution in [0.2, 0.25) is 10.0 Å². The first-order valence-corrected chi connectivity index (χ1v) is 8.34. The molecule has 1 heterocycles. The molecule has 0 amide bonds. The molecule has 0 radical (unpaired) electrons. The zero-order valence-electron chi connectivity index (χ0n) is 13.2. The molecule has 24 heavy (non-hydrogen) atoms. The number of aryl methyl sites for hydroxylation is 1. The van der Waals surface area contributed by atoms with Gasteiger partial charge in [-0.15, -0.1) is 5.10 Å². The number of hydrogen-bond donors (Lipinski definition) is 0. The molecule has 0 N–H and O–H groups in total. The summed E-state index contributed by atoms with van der Waals surface area (Å²) in [6.45, 7) is 3.12. The summed E-state index contributed by atoms with van der Waals surface area (Å²) in [5, 5.41) is 12.2. The molecule has 1 aromatic carbocycles. The van der Waals surface area contributed by atoms with Gasteiger partial charge in [0.05, 0.1) is 11.6 Å². The summed E-state index contributed by atoms with van der Waals surface area (Å²) >= 11 is 11.8. The summed E-state index contributed by atoms with van der Waals surface area (Å²) in [6.07, 6.45) is 1.65. The molecule has 130 valence electrons. The van der Waals surface area contributed by atoms with E-state index in [1.54, 1.807) is 22.9 Å². The molecule has 0 atom stereocenters. The van der Waals surface area contributed by atoms with Crippen LogP contribution in [0.4, 0.5) is 0 Å². The molecule has 1 aromatic heterocycles. The Morgan fingerprint density at radius 2 is 2.17 bits per heavy atom. The molecule has 2 rings (SSSR count). The predicted octanol–water partition coefficient (Wildman–Crippen LogP) is 3.29. The molecule has 0 aliphatic carbocycles. The van der Waals surface area contributed by atoms with Crippen molar-refractivity contribution in [1.82, 2.24) is 20.2 Å². The van der Waals surface area contributed by atoms with Gasteiger partial charge < -0.3 is 9.47 Å². The van der Waals surface area contributed by atoms with Crippen LogP contribution in [0.5, 0.6) is 5.75 Å². The zero-order chi connectivity index (χ0) is 17.4. The quantitative estimate of drug-likeness (QED) is 0.496. The highest BCUT2D eigenvalue weighted by molar-refractivity contribution is 6.35. The average molecular weight is 373 g/mol. The van der Waals surface area contributed by atoms with E-state index < -0.39 is 0 Å². The van der Waals surface area contributed by atoms with E-state index in [1.165, 1.54) is 0 Å². The second-order valence-electron chi connectivity index (χ2n) is 5.01. The number of aromatic nitrogens is 4. The van der Waals surface area contributed by atoms with Crippen LogP contribution in [0.15, 0.2) is 18.2 Å². The highest BCUT2D eigenvalue weighted by atomic mass is 35.5. The number of carbonyl (C=O) groups excluding carboxylic acids is 1. The summed E-state index contributed by atoms with van der Waals surface area (Å²) < 4.78 is 12.3. The Kier molecular flexibility index (Phi) is 7.27. The minimum atomic E-state index is -0.327.